The Labute approximate surface area is 149 Å². The Hall–Kier alpha value is -2.56. The first-order chi connectivity index (χ1) is 11.8. The highest BCUT2D eigenvalue weighted by Gasteiger charge is 2.27. The molecule has 1 aromatic carbocycles. The molecule has 1 fully saturated rings. The van der Waals surface area contributed by atoms with E-state index in [2.05, 4.69) is 36.3 Å². The van der Waals surface area contributed by atoms with Gasteiger partial charge in [0.1, 0.15) is 0 Å². The van der Waals surface area contributed by atoms with E-state index in [1.807, 2.05) is 13.8 Å². The van der Waals surface area contributed by atoms with E-state index in [1.54, 1.807) is 11.8 Å². The first-order valence-corrected chi connectivity index (χ1v) is 8.52. The zero-order valence-electron chi connectivity index (χ0n) is 15.3. The van der Waals surface area contributed by atoms with Gasteiger partial charge in [-0.3, -0.25) is 4.79 Å². The van der Waals surface area contributed by atoms with Gasteiger partial charge in [-0.2, -0.15) is 0 Å². The third-order valence-corrected chi connectivity index (χ3v) is 4.31. The SMILES string of the molecule is C=C(C)c1ccc(N2CCN(C(=O)C(=O)OCC)CC2)c(C(=C)C)c1. The van der Waals surface area contributed by atoms with Crippen LogP contribution in [0.15, 0.2) is 31.4 Å². The van der Waals surface area contributed by atoms with Crippen molar-refractivity contribution in [2.75, 3.05) is 37.7 Å². The molecule has 0 N–H and O–H groups in total. The molecular weight excluding hydrogens is 316 g/mol. The van der Waals surface area contributed by atoms with Gasteiger partial charge in [0.25, 0.3) is 0 Å². The molecule has 0 saturated carbocycles. The Kier molecular flexibility index (Phi) is 6.02. The first kappa shape index (κ1) is 18.8. The molecule has 1 aromatic rings. The maximum absolute atomic E-state index is 12.0. The Morgan fingerprint density at radius 3 is 2.24 bits per heavy atom. The van der Waals surface area contributed by atoms with Crippen LogP contribution in [-0.4, -0.2) is 49.6 Å². The second-order valence-corrected chi connectivity index (χ2v) is 6.29. The van der Waals surface area contributed by atoms with Crippen molar-refractivity contribution in [1.82, 2.24) is 4.90 Å². The van der Waals surface area contributed by atoms with Crippen molar-refractivity contribution in [2.45, 2.75) is 20.8 Å². The second-order valence-electron chi connectivity index (χ2n) is 6.29. The molecule has 1 amide bonds. The van der Waals surface area contributed by atoms with E-state index in [9.17, 15) is 9.59 Å². The summed E-state index contributed by atoms with van der Waals surface area (Å²) >= 11 is 0. The van der Waals surface area contributed by atoms with Crippen LogP contribution in [0.4, 0.5) is 5.69 Å². The Bertz CT molecular complexity index is 701. The summed E-state index contributed by atoms with van der Waals surface area (Å²) in [5.41, 5.74) is 5.28. The number of carbonyl (C=O) groups is 2. The number of hydrogen-bond acceptors (Lipinski definition) is 4. The third-order valence-electron chi connectivity index (χ3n) is 4.31. The lowest BCUT2D eigenvalue weighted by Crippen LogP contribution is -2.51. The molecular formula is C20H26N2O3. The van der Waals surface area contributed by atoms with Gasteiger partial charge in [0.05, 0.1) is 6.61 Å². The number of amides is 1. The molecule has 25 heavy (non-hydrogen) atoms. The van der Waals surface area contributed by atoms with Crippen LogP contribution >= 0.6 is 0 Å². The molecule has 0 spiro atoms. The maximum atomic E-state index is 12.0. The van der Waals surface area contributed by atoms with Crippen LogP contribution in [-0.2, 0) is 14.3 Å². The fourth-order valence-corrected chi connectivity index (χ4v) is 2.89. The number of rotatable bonds is 4. The highest BCUT2D eigenvalue weighted by Crippen LogP contribution is 2.30. The van der Waals surface area contributed by atoms with Gasteiger partial charge in [0, 0.05) is 37.4 Å². The van der Waals surface area contributed by atoms with Crippen molar-refractivity contribution in [2.24, 2.45) is 0 Å². The summed E-state index contributed by atoms with van der Waals surface area (Å²) in [6, 6.07) is 6.24. The number of allylic oxidation sites excluding steroid dienone is 2. The lowest BCUT2D eigenvalue weighted by atomic mass is 9.99. The molecule has 1 aliphatic rings. The standard InChI is InChI=1S/C20H26N2O3/c1-6-25-20(24)19(23)22-11-9-21(10-12-22)18-8-7-16(14(2)3)13-17(18)15(4)5/h7-8,13H,2,4,6,9-12H2,1,3,5H3. The summed E-state index contributed by atoms with van der Waals surface area (Å²) in [4.78, 5) is 27.4. The number of nitrogens with zero attached hydrogens (tertiary/aromatic N) is 2. The highest BCUT2D eigenvalue weighted by molar-refractivity contribution is 6.32. The smallest absolute Gasteiger partial charge is 0.397 e. The Balaban J connectivity index is 2.12. The van der Waals surface area contributed by atoms with Crippen molar-refractivity contribution in [1.29, 1.82) is 0 Å². The average Bonchev–Trinajstić information content (AvgIpc) is 2.60. The van der Waals surface area contributed by atoms with Crippen LogP contribution in [0, 0.1) is 0 Å². The quantitative estimate of drug-likeness (QED) is 0.623. The van der Waals surface area contributed by atoms with Gasteiger partial charge in [-0.15, -0.1) is 0 Å². The fraction of sp³-hybridized carbons (Fsp3) is 0.400. The summed E-state index contributed by atoms with van der Waals surface area (Å²) in [5, 5.41) is 0. The minimum atomic E-state index is -0.774. The number of esters is 1. The minimum Gasteiger partial charge on any atom is -0.459 e. The lowest BCUT2D eigenvalue weighted by Gasteiger charge is -2.36. The van der Waals surface area contributed by atoms with Crippen molar-refractivity contribution in [3.05, 3.63) is 42.5 Å². The van der Waals surface area contributed by atoms with E-state index in [1.165, 1.54) is 0 Å². The molecule has 0 aliphatic carbocycles. The van der Waals surface area contributed by atoms with E-state index in [0.29, 0.717) is 26.2 Å². The van der Waals surface area contributed by atoms with Crippen LogP contribution in [0.2, 0.25) is 0 Å². The molecule has 5 heteroatoms. The van der Waals surface area contributed by atoms with Crippen molar-refractivity contribution in [3.63, 3.8) is 0 Å². The van der Waals surface area contributed by atoms with Gasteiger partial charge in [-0.25, -0.2) is 4.79 Å². The second kappa shape index (κ2) is 8.01. The van der Waals surface area contributed by atoms with Crippen LogP contribution < -0.4 is 4.90 Å². The van der Waals surface area contributed by atoms with E-state index in [0.717, 1.165) is 28.0 Å². The molecule has 0 radical (unpaired) electrons. The summed E-state index contributed by atoms with van der Waals surface area (Å²) in [6.07, 6.45) is 0. The topological polar surface area (TPSA) is 49.9 Å². The van der Waals surface area contributed by atoms with E-state index in [4.69, 9.17) is 4.74 Å². The maximum Gasteiger partial charge on any atom is 0.397 e. The van der Waals surface area contributed by atoms with E-state index >= 15 is 0 Å². The molecule has 2 rings (SSSR count). The predicted octanol–water partition coefficient (Wildman–Crippen LogP) is 2.96. The van der Waals surface area contributed by atoms with Crippen LogP contribution in [0.5, 0.6) is 0 Å². The van der Waals surface area contributed by atoms with E-state index in [-0.39, 0.29) is 6.61 Å². The Morgan fingerprint density at radius 2 is 1.72 bits per heavy atom. The van der Waals surface area contributed by atoms with Gasteiger partial charge in [-0.1, -0.05) is 24.8 Å². The van der Waals surface area contributed by atoms with Crippen LogP contribution in [0.25, 0.3) is 11.1 Å². The molecule has 134 valence electrons. The molecule has 1 aliphatic heterocycles. The lowest BCUT2D eigenvalue weighted by molar-refractivity contribution is -0.160. The molecule has 1 saturated heterocycles. The van der Waals surface area contributed by atoms with Crippen molar-refractivity contribution in [3.8, 4) is 0 Å². The molecule has 1 heterocycles. The first-order valence-electron chi connectivity index (χ1n) is 8.52. The van der Waals surface area contributed by atoms with Crippen molar-refractivity contribution >= 4 is 28.7 Å². The number of hydrogen-bond donors (Lipinski definition) is 0. The minimum absolute atomic E-state index is 0.210. The predicted molar refractivity (Wildman–Crippen MR) is 101 cm³/mol. The summed E-state index contributed by atoms with van der Waals surface area (Å²) in [7, 11) is 0. The van der Waals surface area contributed by atoms with Gasteiger partial charge in [-0.05, 0) is 44.0 Å². The normalized spacial score (nSPS) is 14.2. The Morgan fingerprint density at radius 1 is 1.08 bits per heavy atom. The molecule has 0 unspecified atom stereocenters. The number of benzene rings is 1. The summed E-state index contributed by atoms with van der Waals surface area (Å²) in [6.45, 7) is 16.3. The zero-order valence-corrected chi connectivity index (χ0v) is 15.3. The largest absolute Gasteiger partial charge is 0.459 e. The van der Waals surface area contributed by atoms with Gasteiger partial charge < -0.3 is 14.5 Å². The zero-order chi connectivity index (χ0) is 18.6. The van der Waals surface area contributed by atoms with Crippen LogP contribution in [0.1, 0.15) is 31.9 Å². The monoisotopic (exact) mass is 342 g/mol. The summed E-state index contributed by atoms with van der Waals surface area (Å²) in [5.74, 6) is -1.33. The highest BCUT2D eigenvalue weighted by atomic mass is 16.5. The number of piperazine rings is 1. The molecule has 5 nitrogen and oxygen atoms in total. The molecule has 0 aromatic heterocycles. The van der Waals surface area contributed by atoms with Gasteiger partial charge in [0.2, 0.25) is 0 Å². The van der Waals surface area contributed by atoms with Gasteiger partial charge >= 0.3 is 11.9 Å². The summed E-state index contributed by atoms with van der Waals surface area (Å²) < 4.78 is 4.79. The third kappa shape index (κ3) is 4.29. The molecule has 0 bridgehead atoms. The number of carbonyl (C=O) groups excluding carboxylic acids is 2. The van der Waals surface area contributed by atoms with E-state index < -0.39 is 11.9 Å². The average molecular weight is 342 g/mol. The number of anilines is 1. The molecule has 0 atom stereocenters. The van der Waals surface area contributed by atoms with Crippen LogP contribution in [0.3, 0.4) is 0 Å². The van der Waals surface area contributed by atoms with Gasteiger partial charge in [0.15, 0.2) is 0 Å². The van der Waals surface area contributed by atoms with Crippen molar-refractivity contribution < 1.29 is 14.3 Å². The fourth-order valence-electron chi connectivity index (χ4n) is 2.89. The number of ether oxygens (including phenoxy) is 1.